The Morgan fingerprint density at radius 1 is 1.30 bits per heavy atom. The Labute approximate surface area is 142 Å². The lowest BCUT2D eigenvalue weighted by molar-refractivity contribution is -0.123. The van der Waals surface area contributed by atoms with Gasteiger partial charge in [-0.2, -0.15) is 0 Å². The van der Waals surface area contributed by atoms with Crippen LogP contribution >= 0.6 is 11.3 Å². The summed E-state index contributed by atoms with van der Waals surface area (Å²) in [5.74, 6) is 0.495. The third kappa shape index (κ3) is 3.43. The maximum atomic E-state index is 11.5. The first-order valence-electron chi connectivity index (χ1n) is 8.36. The van der Waals surface area contributed by atoms with Crippen LogP contribution in [0.25, 0.3) is 10.1 Å². The molecule has 3 nitrogen and oxygen atoms in total. The number of rotatable bonds is 3. The molecule has 1 fully saturated rings. The van der Waals surface area contributed by atoms with E-state index in [2.05, 4.69) is 50.4 Å². The summed E-state index contributed by atoms with van der Waals surface area (Å²) in [5, 5.41) is 4.42. The molecular formula is C19H25NO2S. The van der Waals surface area contributed by atoms with Crippen molar-refractivity contribution in [3.05, 3.63) is 34.7 Å². The van der Waals surface area contributed by atoms with Gasteiger partial charge in [0.1, 0.15) is 0 Å². The lowest BCUT2D eigenvalue weighted by Crippen LogP contribution is -2.43. The van der Waals surface area contributed by atoms with E-state index in [1.165, 1.54) is 20.5 Å². The summed E-state index contributed by atoms with van der Waals surface area (Å²) in [4.78, 5) is 12.8. The van der Waals surface area contributed by atoms with Gasteiger partial charge in [0.15, 0.2) is 0 Å². The molecule has 1 amide bonds. The summed E-state index contributed by atoms with van der Waals surface area (Å²) in [7, 11) is 0. The normalized spacial score (nSPS) is 25.0. The van der Waals surface area contributed by atoms with Crippen LogP contribution in [0.5, 0.6) is 0 Å². The van der Waals surface area contributed by atoms with E-state index in [0.29, 0.717) is 5.92 Å². The van der Waals surface area contributed by atoms with Crippen LogP contribution in [-0.2, 0) is 9.53 Å². The predicted molar refractivity (Wildman–Crippen MR) is 95.9 cm³/mol. The highest BCUT2D eigenvalue weighted by molar-refractivity contribution is 7.19. The van der Waals surface area contributed by atoms with Crippen LogP contribution in [0.4, 0.5) is 0 Å². The lowest BCUT2D eigenvalue weighted by atomic mass is 9.91. The van der Waals surface area contributed by atoms with Crippen LogP contribution in [0.2, 0.25) is 0 Å². The van der Waals surface area contributed by atoms with Crippen LogP contribution in [0.15, 0.2) is 24.3 Å². The third-order valence-electron chi connectivity index (χ3n) is 4.68. The fraction of sp³-hybridized carbons (Fsp3) is 0.526. The Morgan fingerprint density at radius 3 is 2.70 bits per heavy atom. The number of nitrogens with one attached hydrogen (secondary N) is 1. The summed E-state index contributed by atoms with van der Waals surface area (Å²) in [6.07, 6.45) is 2.02. The van der Waals surface area contributed by atoms with Crippen molar-refractivity contribution in [1.29, 1.82) is 0 Å². The number of ether oxygens (including phenoxy) is 1. The summed E-state index contributed by atoms with van der Waals surface area (Å²) in [5.41, 5.74) is 1.32. The molecule has 1 aromatic carbocycles. The van der Waals surface area contributed by atoms with Gasteiger partial charge in [-0.15, -0.1) is 11.3 Å². The van der Waals surface area contributed by atoms with Gasteiger partial charge in [-0.05, 0) is 42.7 Å². The van der Waals surface area contributed by atoms with Gasteiger partial charge in [0.25, 0.3) is 0 Å². The molecule has 124 valence electrons. The van der Waals surface area contributed by atoms with Crippen molar-refractivity contribution in [2.24, 2.45) is 5.92 Å². The highest BCUT2D eigenvalue weighted by Gasteiger charge is 2.34. The van der Waals surface area contributed by atoms with Crippen molar-refractivity contribution in [1.82, 2.24) is 5.32 Å². The van der Waals surface area contributed by atoms with E-state index >= 15 is 0 Å². The Morgan fingerprint density at radius 2 is 2.04 bits per heavy atom. The summed E-state index contributed by atoms with van der Waals surface area (Å²) in [6, 6.07) is 8.72. The van der Waals surface area contributed by atoms with E-state index in [0.717, 1.165) is 12.8 Å². The zero-order valence-electron chi connectivity index (χ0n) is 14.3. The average Bonchev–Trinajstić information content (AvgIpc) is 2.84. The van der Waals surface area contributed by atoms with Crippen LogP contribution in [0.1, 0.15) is 50.2 Å². The molecule has 1 aliphatic heterocycles. The van der Waals surface area contributed by atoms with Crippen LogP contribution in [0, 0.1) is 12.8 Å². The van der Waals surface area contributed by atoms with Crippen LogP contribution in [0.3, 0.4) is 0 Å². The van der Waals surface area contributed by atoms with Gasteiger partial charge >= 0.3 is 0 Å². The third-order valence-corrected chi connectivity index (χ3v) is 6.04. The monoisotopic (exact) mass is 331 g/mol. The molecule has 1 N–H and O–H groups in total. The molecule has 1 saturated heterocycles. The maximum Gasteiger partial charge on any atom is 0.217 e. The van der Waals surface area contributed by atoms with Crippen molar-refractivity contribution >= 4 is 27.3 Å². The molecule has 4 heteroatoms. The van der Waals surface area contributed by atoms with Crippen molar-refractivity contribution < 1.29 is 9.53 Å². The molecule has 1 aromatic heterocycles. The van der Waals surface area contributed by atoms with E-state index in [-0.39, 0.29) is 24.2 Å². The maximum absolute atomic E-state index is 11.5. The summed E-state index contributed by atoms with van der Waals surface area (Å²) >= 11 is 1.83. The van der Waals surface area contributed by atoms with E-state index in [1.54, 1.807) is 6.92 Å². The van der Waals surface area contributed by atoms with Gasteiger partial charge in [0.2, 0.25) is 5.91 Å². The fourth-order valence-electron chi connectivity index (χ4n) is 3.46. The first kappa shape index (κ1) is 16.5. The molecule has 0 saturated carbocycles. The zero-order valence-corrected chi connectivity index (χ0v) is 15.1. The van der Waals surface area contributed by atoms with Gasteiger partial charge in [-0.3, -0.25) is 4.79 Å². The Balaban J connectivity index is 1.92. The first-order valence-corrected chi connectivity index (χ1v) is 9.18. The SMILES string of the molecule is CC(=O)N[C@H]1C[C@@H](C(C)C)O[C@@H](c2sc3ccccc3c2C)C1. The molecule has 2 aromatic rings. The first-order chi connectivity index (χ1) is 11.0. The Kier molecular flexibility index (Phi) is 4.74. The van der Waals surface area contributed by atoms with E-state index in [9.17, 15) is 4.79 Å². The molecule has 0 unspecified atom stereocenters. The number of hydrogen-bond donors (Lipinski definition) is 1. The smallest absolute Gasteiger partial charge is 0.217 e. The molecule has 2 heterocycles. The topological polar surface area (TPSA) is 38.3 Å². The molecule has 3 rings (SSSR count). The number of fused-ring (bicyclic) bond motifs is 1. The lowest BCUT2D eigenvalue weighted by Gasteiger charge is -2.37. The van der Waals surface area contributed by atoms with E-state index in [1.807, 2.05) is 11.3 Å². The van der Waals surface area contributed by atoms with Crippen molar-refractivity contribution in [2.75, 3.05) is 0 Å². The number of thiophene rings is 1. The van der Waals surface area contributed by atoms with E-state index in [4.69, 9.17) is 4.74 Å². The number of amides is 1. The molecule has 1 aliphatic rings. The second-order valence-corrected chi connectivity index (χ2v) is 7.95. The predicted octanol–water partition coefficient (Wildman–Crippen LogP) is 4.59. The molecule has 0 radical (unpaired) electrons. The highest BCUT2D eigenvalue weighted by Crippen LogP contribution is 2.42. The number of benzene rings is 1. The van der Waals surface area contributed by atoms with E-state index < -0.39 is 0 Å². The number of hydrogen-bond acceptors (Lipinski definition) is 3. The van der Waals surface area contributed by atoms with Gasteiger partial charge in [-0.1, -0.05) is 32.0 Å². The number of carbonyl (C=O) groups excluding carboxylic acids is 1. The summed E-state index contributed by atoms with van der Waals surface area (Å²) < 4.78 is 7.73. The second kappa shape index (κ2) is 6.62. The average molecular weight is 331 g/mol. The largest absolute Gasteiger partial charge is 0.369 e. The van der Waals surface area contributed by atoms with Crippen molar-refractivity contribution in [2.45, 2.75) is 58.8 Å². The number of aryl methyl sites for hydroxylation is 1. The quantitative estimate of drug-likeness (QED) is 0.893. The minimum absolute atomic E-state index is 0.0474. The molecule has 0 aliphatic carbocycles. The van der Waals surface area contributed by atoms with Gasteiger partial charge < -0.3 is 10.1 Å². The molecule has 0 bridgehead atoms. The molecule has 0 spiro atoms. The minimum atomic E-state index is 0.0474. The van der Waals surface area contributed by atoms with Crippen molar-refractivity contribution in [3.8, 4) is 0 Å². The van der Waals surface area contributed by atoms with Gasteiger partial charge in [-0.25, -0.2) is 0 Å². The second-order valence-electron chi connectivity index (χ2n) is 6.86. The zero-order chi connectivity index (χ0) is 16.6. The Hall–Kier alpha value is -1.39. The molecule has 23 heavy (non-hydrogen) atoms. The highest BCUT2D eigenvalue weighted by atomic mass is 32.1. The Bertz CT molecular complexity index is 706. The number of carbonyl (C=O) groups is 1. The van der Waals surface area contributed by atoms with Crippen molar-refractivity contribution in [3.63, 3.8) is 0 Å². The van der Waals surface area contributed by atoms with Crippen LogP contribution in [-0.4, -0.2) is 18.1 Å². The molecular weight excluding hydrogens is 306 g/mol. The van der Waals surface area contributed by atoms with Gasteiger partial charge in [0.05, 0.1) is 12.2 Å². The fourth-order valence-corrected chi connectivity index (χ4v) is 4.72. The van der Waals surface area contributed by atoms with Crippen LogP contribution < -0.4 is 5.32 Å². The molecule has 3 atom stereocenters. The standard InChI is InChI=1S/C19H25NO2S/c1-11(2)16-9-14(20-13(4)21)10-17(22-16)19-12(3)15-7-5-6-8-18(15)23-19/h5-8,11,14,16-17H,9-10H2,1-4H3,(H,20,21)/t14-,16-,17+/m0/s1. The van der Waals surface area contributed by atoms with Gasteiger partial charge in [0, 0.05) is 22.5 Å². The minimum Gasteiger partial charge on any atom is -0.369 e. The summed E-state index contributed by atoms with van der Waals surface area (Å²) in [6.45, 7) is 8.16.